The number of thiol groups is 1. The Bertz CT molecular complexity index is 401. The molecule has 0 unspecified atom stereocenters. The van der Waals surface area contributed by atoms with Gasteiger partial charge < -0.3 is 4.74 Å². The highest BCUT2D eigenvalue weighted by Crippen LogP contribution is 2.39. The summed E-state index contributed by atoms with van der Waals surface area (Å²) in [6, 6.07) is 4.22. The lowest BCUT2D eigenvalue weighted by Gasteiger charge is -2.27. The number of rotatable bonds is 4. The molecular formula is C15H21BrOS. The molecule has 3 heteroatoms. The van der Waals surface area contributed by atoms with E-state index in [1.54, 1.807) is 0 Å². The summed E-state index contributed by atoms with van der Waals surface area (Å²) in [5.74, 6) is 1.92. The van der Waals surface area contributed by atoms with Gasteiger partial charge in [0.2, 0.25) is 0 Å². The van der Waals surface area contributed by atoms with Crippen LogP contribution in [0.1, 0.15) is 36.8 Å². The average molecular weight is 329 g/mol. The third-order valence-corrected chi connectivity index (χ3v) is 5.88. The first-order valence-electron chi connectivity index (χ1n) is 6.57. The number of halogens is 1. The van der Waals surface area contributed by atoms with Crippen LogP contribution in [0.2, 0.25) is 0 Å². The summed E-state index contributed by atoms with van der Waals surface area (Å²) in [4.78, 5) is 0. The van der Waals surface area contributed by atoms with Gasteiger partial charge in [-0.15, -0.1) is 0 Å². The Balaban J connectivity index is 2.06. The molecule has 0 amide bonds. The van der Waals surface area contributed by atoms with Crippen molar-refractivity contribution in [1.82, 2.24) is 0 Å². The van der Waals surface area contributed by atoms with Crippen LogP contribution in [0.4, 0.5) is 0 Å². The fraction of sp³-hybridized carbons (Fsp3) is 0.600. The van der Waals surface area contributed by atoms with E-state index in [2.05, 4.69) is 54.5 Å². The van der Waals surface area contributed by atoms with Crippen LogP contribution in [-0.4, -0.2) is 12.4 Å². The van der Waals surface area contributed by atoms with Crippen LogP contribution in [-0.2, 0) is 0 Å². The Labute approximate surface area is 124 Å². The first-order valence-corrected chi connectivity index (χ1v) is 7.99. The third kappa shape index (κ3) is 3.05. The molecule has 0 saturated heterocycles. The van der Waals surface area contributed by atoms with Gasteiger partial charge in [-0.2, -0.15) is 12.6 Å². The topological polar surface area (TPSA) is 9.23 Å². The molecule has 1 aliphatic rings. The summed E-state index contributed by atoms with van der Waals surface area (Å²) in [5, 5.41) is 0. The van der Waals surface area contributed by atoms with Gasteiger partial charge in [0, 0.05) is 9.89 Å². The first kappa shape index (κ1) is 14.3. The third-order valence-electron chi connectivity index (χ3n) is 3.95. The van der Waals surface area contributed by atoms with E-state index in [1.165, 1.54) is 41.3 Å². The second kappa shape index (κ2) is 5.87. The number of hydrogen-bond acceptors (Lipinski definition) is 2. The molecular weight excluding hydrogens is 308 g/mol. The molecule has 1 aromatic rings. The Hall–Kier alpha value is -0.150. The zero-order chi connectivity index (χ0) is 13.2. The van der Waals surface area contributed by atoms with Gasteiger partial charge in [0.05, 0.1) is 6.61 Å². The van der Waals surface area contributed by atoms with Gasteiger partial charge in [0.15, 0.2) is 0 Å². The SMILES string of the molecule is Cc1cc(OCC2(CS)CCCC2)cc(C)c1Br. The van der Waals surface area contributed by atoms with E-state index >= 15 is 0 Å². The molecule has 0 heterocycles. The molecule has 1 fully saturated rings. The molecule has 0 N–H and O–H groups in total. The molecule has 1 saturated carbocycles. The van der Waals surface area contributed by atoms with E-state index in [1.807, 2.05) is 0 Å². The number of hydrogen-bond donors (Lipinski definition) is 1. The first-order chi connectivity index (χ1) is 8.56. The molecule has 100 valence electrons. The van der Waals surface area contributed by atoms with Crippen molar-refractivity contribution in [3.8, 4) is 5.75 Å². The zero-order valence-electron chi connectivity index (χ0n) is 11.1. The van der Waals surface area contributed by atoms with Crippen LogP contribution in [0.5, 0.6) is 5.75 Å². The highest BCUT2D eigenvalue weighted by atomic mass is 79.9. The Morgan fingerprint density at radius 2 is 1.78 bits per heavy atom. The van der Waals surface area contributed by atoms with E-state index in [9.17, 15) is 0 Å². The minimum atomic E-state index is 0.304. The average Bonchev–Trinajstić information content (AvgIpc) is 2.83. The summed E-state index contributed by atoms with van der Waals surface area (Å²) in [5.41, 5.74) is 2.77. The molecule has 0 atom stereocenters. The van der Waals surface area contributed by atoms with Gasteiger partial charge in [-0.3, -0.25) is 0 Å². The summed E-state index contributed by atoms with van der Waals surface area (Å²) in [6.07, 6.45) is 5.15. The number of benzene rings is 1. The summed E-state index contributed by atoms with van der Waals surface area (Å²) < 4.78 is 7.21. The minimum Gasteiger partial charge on any atom is -0.493 e. The molecule has 1 nitrogen and oxygen atoms in total. The van der Waals surface area contributed by atoms with Crippen LogP contribution in [0.15, 0.2) is 16.6 Å². The van der Waals surface area contributed by atoms with Crippen molar-refractivity contribution in [1.29, 1.82) is 0 Å². The van der Waals surface area contributed by atoms with Crippen molar-refractivity contribution in [2.24, 2.45) is 5.41 Å². The lowest BCUT2D eigenvalue weighted by molar-refractivity contribution is 0.173. The van der Waals surface area contributed by atoms with Crippen LogP contribution in [0, 0.1) is 19.3 Å². The van der Waals surface area contributed by atoms with Crippen molar-refractivity contribution in [2.75, 3.05) is 12.4 Å². The van der Waals surface area contributed by atoms with Gasteiger partial charge in [0.1, 0.15) is 5.75 Å². The smallest absolute Gasteiger partial charge is 0.119 e. The van der Waals surface area contributed by atoms with E-state index in [0.29, 0.717) is 5.41 Å². The molecule has 0 bridgehead atoms. The lowest BCUT2D eigenvalue weighted by Crippen LogP contribution is -2.27. The summed E-state index contributed by atoms with van der Waals surface area (Å²) in [7, 11) is 0. The van der Waals surface area contributed by atoms with Crippen LogP contribution < -0.4 is 4.74 Å². The zero-order valence-corrected chi connectivity index (χ0v) is 13.6. The van der Waals surface area contributed by atoms with Crippen molar-refractivity contribution < 1.29 is 4.74 Å². The quantitative estimate of drug-likeness (QED) is 0.770. The predicted octanol–water partition coefficient (Wildman–Crippen LogP) is 4.93. The molecule has 0 aliphatic heterocycles. The van der Waals surface area contributed by atoms with E-state index in [0.717, 1.165) is 18.1 Å². The highest BCUT2D eigenvalue weighted by molar-refractivity contribution is 9.10. The van der Waals surface area contributed by atoms with Gasteiger partial charge in [-0.25, -0.2) is 0 Å². The second-order valence-corrected chi connectivity index (χ2v) is 6.63. The molecule has 2 rings (SSSR count). The normalized spacial score (nSPS) is 18.0. The van der Waals surface area contributed by atoms with Gasteiger partial charge in [-0.05, 0) is 55.7 Å². The molecule has 0 spiro atoms. The Kier molecular flexibility index (Phi) is 4.65. The molecule has 1 aliphatic carbocycles. The van der Waals surface area contributed by atoms with Gasteiger partial charge in [-0.1, -0.05) is 28.8 Å². The maximum absolute atomic E-state index is 6.03. The Morgan fingerprint density at radius 1 is 1.22 bits per heavy atom. The number of aryl methyl sites for hydroxylation is 2. The van der Waals surface area contributed by atoms with E-state index in [-0.39, 0.29) is 0 Å². The minimum absolute atomic E-state index is 0.304. The fourth-order valence-electron chi connectivity index (χ4n) is 2.70. The fourth-order valence-corrected chi connectivity index (χ4v) is 3.34. The second-order valence-electron chi connectivity index (χ2n) is 5.52. The van der Waals surface area contributed by atoms with E-state index in [4.69, 9.17) is 4.74 Å². The summed E-state index contributed by atoms with van der Waals surface area (Å²) >= 11 is 8.10. The van der Waals surface area contributed by atoms with Crippen molar-refractivity contribution in [3.63, 3.8) is 0 Å². The van der Waals surface area contributed by atoms with Gasteiger partial charge >= 0.3 is 0 Å². The molecule has 1 aromatic carbocycles. The predicted molar refractivity (Wildman–Crippen MR) is 83.9 cm³/mol. The lowest BCUT2D eigenvalue weighted by atomic mass is 9.90. The van der Waals surface area contributed by atoms with Crippen molar-refractivity contribution in [2.45, 2.75) is 39.5 Å². The maximum Gasteiger partial charge on any atom is 0.119 e. The monoisotopic (exact) mass is 328 g/mol. The maximum atomic E-state index is 6.03. The van der Waals surface area contributed by atoms with Crippen LogP contribution in [0.3, 0.4) is 0 Å². The van der Waals surface area contributed by atoms with Crippen molar-refractivity contribution >= 4 is 28.6 Å². The van der Waals surface area contributed by atoms with Gasteiger partial charge in [0.25, 0.3) is 0 Å². The van der Waals surface area contributed by atoms with Crippen LogP contribution in [0.25, 0.3) is 0 Å². The molecule has 0 aromatic heterocycles. The van der Waals surface area contributed by atoms with E-state index < -0.39 is 0 Å². The largest absolute Gasteiger partial charge is 0.493 e. The van der Waals surface area contributed by atoms with Crippen molar-refractivity contribution in [3.05, 3.63) is 27.7 Å². The highest BCUT2D eigenvalue weighted by Gasteiger charge is 2.33. The number of ether oxygens (including phenoxy) is 1. The Morgan fingerprint density at radius 3 is 2.28 bits per heavy atom. The summed E-state index contributed by atoms with van der Waals surface area (Å²) in [6.45, 7) is 5.01. The molecule has 0 radical (unpaired) electrons. The molecule has 18 heavy (non-hydrogen) atoms. The standard InChI is InChI=1S/C15H21BrOS/c1-11-7-13(8-12(2)14(11)16)17-9-15(10-18)5-3-4-6-15/h7-8,18H,3-6,9-10H2,1-2H3. The van der Waals surface area contributed by atoms with Crippen LogP contribution >= 0.6 is 28.6 Å².